The van der Waals surface area contributed by atoms with E-state index in [0.717, 1.165) is 0 Å². The third-order valence-corrected chi connectivity index (χ3v) is 1.45. The molecule has 0 aliphatic carbocycles. The summed E-state index contributed by atoms with van der Waals surface area (Å²) < 4.78 is 39.6. The summed E-state index contributed by atoms with van der Waals surface area (Å²) in [7, 11) is 0. The molecule has 17 heavy (non-hydrogen) atoms. The summed E-state index contributed by atoms with van der Waals surface area (Å²) in [4.78, 5) is 20.9. The quantitative estimate of drug-likeness (QED) is 0.574. The van der Waals surface area contributed by atoms with Crippen LogP contribution in [0.2, 0.25) is 0 Å². The Hall–Kier alpha value is -1.51. The Morgan fingerprint density at radius 1 is 1.18 bits per heavy atom. The van der Waals surface area contributed by atoms with Gasteiger partial charge in [-0.15, -0.1) is 0 Å². The maximum Gasteiger partial charge on any atom is 0.390 e. The number of nitrogens with one attached hydrogen (secondary N) is 2. The van der Waals surface area contributed by atoms with Gasteiger partial charge in [-0.25, -0.2) is 9.59 Å². The van der Waals surface area contributed by atoms with Crippen molar-refractivity contribution in [3.63, 3.8) is 0 Å². The fraction of sp³-hybridized carbons (Fsp3) is 0.750. The molecule has 0 spiro atoms. The van der Waals surface area contributed by atoms with Gasteiger partial charge in [0.15, 0.2) is 0 Å². The molecule has 0 unspecified atom stereocenters. The molecule has 0 aromatic heterocycles. The maximum atomic E-state index is 11.7. The van der Waals surface area contributed by atoms with Crippen molar-refractivity contribution in [3.8, 4) is 0 Å². The second kappa shape index (κ2) is 7.71. The Balaban J connectivity index is 3.38. The van der Waals surface area contributed by atoms with Crippen LogP contribution >= 0.6 is 0 Å². The summed E-state index contributed by atoms with van der Waals surface area (Å²) in [5, 5.41) is 12.4. The molecule has 0 aromatic rings. The van der Waals surface area contributed by atoms with Gasteiger partial charge in [0.1, 0.15) is 6.61 Å². The normalized spacial score (nSPS) is 11.0. The number of halogens is 3. The minimum absolute atomic E-state index is 0.0190. The fourth-order valence-electron chi connectivity index (χ4n) is 0.776. The van der Waals surface area contributed by atoms with Gasteiger partial charge in [0.25, 0.3) is 0 Å². The number of aliphatic carboxylic acids is 1. The first kappa shape index (κ1) is 15.5. The number of carboxylic acids is 1. The van der Waals surface area contributed by atoms with E-state index in [1.807, 2.05) is 5.32 Å². The highest BCUT2D eigenvalue weighted by Crippen LogP contribution is 2.17. The van der Waals surface area contributed by atoms with Gasteiger partial charge in [0.2, 0.25) is 0 Å². The van der Waals surface area contributed by atoms with Crippen LogP contribution in [0.25, 0.3) is 0 Å². The third-order valence-electron chi connectivity index (χ3n) is 1.45. The average Bonchev–Trinajstić information content (AvgIpc) is 2.14. The van der Waals surface area contributed by atoms with E-state index in [1.54, 1.807) is 0 Å². The van der Waals surface area contributed by atoms with E-state index in [1.165, 1.54) is 0 Å². The van der Waals surface area contributed by atoms with E-state index >= 15 is 0 Å². The molecular weight excluding hydrogens is 245 g/mol. The second-order valence-electron chi connectivity index (χ2n) is 2.99. The van der Waals surface area contributed by atoms with E-state index in [4.69, 9.17) is 5.11 Å². The lowest BCUT2D eigenvalue weighted by molar-refractivity contribution is -0.142. The highest BCUT2D eigenvalue weighted by Gasteiger charge is 2.26. The van der Waals surface area contributed by atoms with Crippen molar-refractivity contribution in [2.75, 3.05) is 26.3 Å². The lowest BCUT2D eigenvalue weighted by Gasteiger charge is -2.09. The molecule has 0 saturated carbocycles. The number of hydrogen-bond donors (Lipinski definition) is 3. The molecule has 100 valence electrons. The Kier molecular flexibility index (Phi) is 7.03. The van der Waals surface area contributed by atoms with Crippen molar-refractivity contribution in [1.82, 2.24) is 10.6 Å². The van der Waals surface area contributed by atoms with Crippen molar-refractivity contribution in [2.45, 2.75) is 12.6 Å². The highest BCUT2D eigenvalue weighted by atomic mass is 19.4. The van der Waals surface area contributed by atoms with Crippen LogP contribution < -0.4 is 10.6 Å². The first-order chi connectivity index (χ1) is 7.81. The van der Waals surface area contributed by atoms with Crippen LogP contribution in [-0.4, -0.2) is 49.6 Å². The monoisotopic (exact) mass is 258 g/mol. The molecule has 0 aliphatic heterocycles. The lowest BCUT2D eigenvalue weighted by Crippen LogP contribution is -2.38. The van der Waals surface area contributed by atoms with Gasteiger partial charge in [-0.1, -0.05) is 0 Å². The average molecular weight is 258 g/mol. The zero-order valence-corrected chi connectivity index (χ0v) is 8.84. The Bertz CT molecular complexity index is 258. The smallest absolute Gasteiger partial charge is 0.390 e. The molecule has 0 radical (unpaired) electrons. The molecule has 0 aromatic carbocycles. The van der Waals surface area contributed by atoms with Crippen LogP contribution in [0, 0.1) is 0 Å². The molecule has 2 amide bonds. The standard InChI is InChI=1S/C8H13F3N2O4/c9-8(10,11)1-2-12-7(16)13-3-4-17-5-6(14)15/h1-5H2,(H,14,15)(H2,12,13,16). The van der Waals surface area contributed by atoms with Gasteiger partial charge in [0.05, 0.1) is 13.0 Å². The Morgan fingerprint density at radius 3 is 2.29 bits per heavy atom. The van der Waals surface area contributed by atoms with E-state index in [0.29, 0.717) is 0 Å². The number of carbonyl (C=O) groups is 2. The number of carboxylic acid groups (broad SMARTS) is 1. The topological polar surface area (TPSA) is 87.7 Å². The van der Waals surface area contributed by atoms with Gasteiger partial charge < -0.3 is 20.5 Å². The zero-order valence-electron chi connectivity index (χ0n) is 8.84. The third kappa shape index (κ3) is 12.4. The van der Waals surface area contributed by atoms with Crippen LogP contribution in [0.3, 0.4) is 0 Å². The Labute approximate surface area is 95.1 Å². The van der Waals surface area contributed by atoms with Crippen molar-refractivity contribution in [1.29, 1.82) is 0 Å². The van der Waals surface area contributed by atoms with Crippen molar-refractivity contribution >= 4 is 12.0 Å². The molecule has 0 rings (SSSR count). The largest absolute Gasteiger partial charge is 0.480 e. The van der Waals surface area contributed by atoms with Gasteiger partial charge >= 0.3 is 18.2 Å². The molecule has 9 heteroatoms. The number of urea groups is 1. The first-order valence-corrected chi connectivity index (χ1v) is 4.69. The number of rotatable bonds is 7. The summed E-state index contributed by atoms with van der Waals surface area (Å²) in [5.41, 5.74) is 0. The van der Waals surface area contributed by atoms with E-state index in [-0.39, 0.29) is 13.2 Å². The Morgan fingerprint density at radius 2 is 1.76 bits per heavy atom. The summed E-state index contributed by atoms with van der Waals surface area (Å²) in [6.07, 6.45) is -5.41. The number of ether oxygens (including phenoxy) is 1. The predicted octanol–water partition coefficient (Wildman–Crippen LogP) is 0.339. The minimum Gasteiger partial charge on any atom is -0.480 e. The summed E-state index contributed by atoms with van der Waals surface area (Å²) in [5.74, 6) is -1.14. The number of amides is 2. The summed E-state index contributed by atoms with van der Waals surface area (Å²) in [6.45, 7) is -1.01. The first-order valence-electron chi connectivity index (χ1n) is 4.69. The molecule has 0 heterocycles. The number of alkyl halides is 3. The van der Waals surface area contributed by atoms with Crippen LogP contribution in [0.15, 0.2) is 0 Å². The van der Waals surface area contributed by atoms with Crippen LogP contribution in [0.1, 0.15) is 6.42 Å². The molecule has 6 nitrogen and oxygen atoms in total. The number of carbonyl (C=O) groups excluding carboxylic acids is 1. The number of hydrogen-bond acceptors (Lipinski definition) is 3. The highest BCUT2D eigenvalue weighted by molar-refractivity contribution is 5.73. The van der Waals surface area contributed by atoms with Gasteiger partial charge in [0, 0.05) is 13.1 Å². The van der Waals surface area contributed by atoms with E-state index in [2.05, 4.69) is 10.1 Å². The van der Waals surface area contributed by atoms with Gasteiger partial charge in [-0.2, -0.15) is 13.2 Å². The zero-order chi connectivity index (χ0) is 13.3. The molecule has 3 N–H and O–H groups in total. The second-order valence-corrected chi connectivity index (χ2v) is 2.99. The predicted molar refractivity (Wildman–Crippen MR) is 50.5 cm³/mol. The minimum atomic E-state index is -4.31. The molecule has 0 bridgehead atoms. The van der Waals surface area contributed by atoms with Crippen molar-refractivity contribution in [2.24, 2.45) is 0 Å². The summed E-state index contributed by atoms with van der Waals surface area (Å²) >= 11 is 0. The van der Waals surface area contributed by atoms with Gasteiger partial charge in [-0.05, 0) is 0 Å². The molecule has 0 saturated heterocycles. The molecule has 0 atom stereocenters. The fourth-order valence-corrected chi connectivity index (χ4v) is 0.776. The molecule has 0 fully saturated rings. The molecular formula is C8H13F3N2O4. The van der Waals surface area contributed by atoms with Crippen molar-refractivity contribution < 1.29 is 32.6 Å². The van der Waals surface area contributed by atoms with Crippen molar-refractivity contribution in [3.05, 3.63) is 0 Å². The maximum absolute atomic E-state index is 11.7. The summed E-state index contributed by atoms with van der Waals surface area (Å²) in [6, 6.07) is -0.756. The van der Waals surface area contributed by atoms with Gasteiger partial charge in [-0.3, -0.25) is 0 Å². The van der Waals surface area contributed by atoms with E-state index < -0.39 is 37.7 Å². The van der Waals surface area contributed by atoms with E-state index in [9.17, 15) is 22.8 Å². The molecule has 0 aliphatic rings. The SMILES string of the molecule is O=C(O)COCCNC(=O)NCCC(F)(F)F. The van der Waals surface area contributed by atoms with Crippen LogP contribution in [0.4, 0.5) is 18.0 Å². The lowest BCUT2D eigenvalue weighted by atomic mass is 10.4. The van der Waals surface area contributed by atoms with Crippen LogP contribution in [0.5, 0.6) is 0 Å². The van der Waals surface area contributed by atoms with Crippen LogP contribution in [-0.2, 0) is 9.53 Å².